The van der Waals surface area contributed by atoms with E-state index in [0.29, 0.717) is 0 Å². The largest absolute Gasteiger partial charge is 0.497 e. The van der Waals surface area contributed by atoms with Crippen LogP contribution in [0, 0.1) is 6.92 Å². The van der Waals surface area contributed by atoms with E-state index < -0.39 is 0 Å². The fourth-order valence-corrected chi connectivity index (χ4v) is 2.45. The summed E-state index contributed by atoms with van der Waals surface area (Å²) in [5.74, 6) is 0.918. The lowest BCUT2D eigenvalue weighted by Gasteiger charge is -2.03. The quantitative estimate of drug-likeness (QED) is 0.764. The van der Waals surface area contributed by atoms with E-state index in [9.17, 15) is 0 Å². The fourth-order valence-electron chi connectivity index (χ4n) is 1.51. The van der Waals surface area contributed by atoms with Gasteiger partial charge in [0.05, 0.1) is 7.11 Å². The molecule has 0 unspecified atom stereocenters. The van der Waals surface area contributed by atoms with Crippen LogP contribution in [0.3, 0.4) is 0 Å². The van der Waals surface area contributed by atoms with Crippen molar-refractivity contribution in [3.05, 3.63) is 51.7 Å². The molecular formula is C13H14OS. The number of ether oxygens (including phenoxy) is 1. The molecule has 0 aliphatic carbocycles. The van der Waals surface area contributed by atoms with Gasteiger partial charge in [-0.25, -0.2) is 0 Å². The van der Waals surface area contributed by atoms with Crippen LogP contribution in [0.5, 0.6) is 5.75 Å². The third-order valence-corrected chi connectivity index (χ3v) is 3.51. The Morgan fingerprint density at radius 1 is 1.13 bits per heavy atom. The monoisotopic (exact) mass is 218 g/mol. The minimum absolute atomic E-state index is 0.918. The summed E-state index contributed by atoms with van der Waals surface area (Å²) in [5.41, 5.74) is 2.72. The van der Waals surface area contributed by atoms with Crippen LogP contribution in [0.2, 0.25) is 0 Å². The predicted molar refractivity (Wildman–Crippen MR) is 64.9 cm³/mol. The fraction of sp³-hybridized carbons (Fsp3) is 0.231. The first-order chi connectivity index (χ1) is 7.29. The van der Waals surface area contributed by atoms with Crippen LogP contribution in [0.25, 0.3) is 0 Å². The Labute approximate surface area is 94.3 Å². The molecular weight excluding hydrogens is 204 g/mol. The molecule has 0 N–H and O–H groups in total. The van der Waals surface area contributed by atoms with E-state index in [1.807, 2.05) is 23.5 Å². The Hall–Kier alpha value is -1.28. The van der Waals surface area contributed by atoms with Gasteiger partial charge in [0.25, 0.3) is 0 Å². The van der Waals surface area contributed by atoms with Gasteiger partial charge in [0, 0.05) is 11.3 Å². The highest BCUT2D eigenvalue weighted by Gasteiger charge is 2.01. The van der Waals surface area contributed by atoms with Gasteiger partial charge in [-0.2, -0.15) is 0 Å². The van der Waals surface area contributed by atoms with Gasteiger partial charge in [0.15, 0.2) is 0 Å². The highest BCUT2D eigenvalue weighted by atomic mass is 32.1. The average molecular weight is 218 g/mol. The smallest absolute Gasteiger partial charge is 0.118 e. The molecule has 0 saturated heterocycles. The molecule has 2 aromatic rings. The van der Waals surface area contributed by atoms with Gasteiger partial charge in [0.2, 0.25) is 0 Å². The zero-order valence-corrected chi connectivity index (χ0v) is 9.80. The van der Waals surface area contributed by atoms with Crippen LogP contribution < -0.4 is 4.74 Å². The molecule has 1 aromatic heterocycles. The van der Waals surface area contributed by atoms with Crippen LogP contribution in [0.1, 0.15) is 16.0 Å². The summed E-state index contributed by atoms with van der Waals surface area (Å²) < 4.78 is 5.13. The maximum absolute atomic E-state index is 5.13. The van der Waals surface area contributed by atoms with E-state index in [1.165, 1.54) is 16.0 Å². The molecule has 0 atom stereocenters. The lowest BCUT2D eigenvalue weighted by Crippen LogP contribution is -1.88. The van der Waals surface area contributed by atoms with Crippen molar-refractivity contribution in [3.63, 3.8) is 0 Å². The molecule has 0 fully saturated rings. The van der Waals surface area contributed by atoms with Crippen molar-refractivity contribution in [1.82, 2.24) is 0 Å². The molecule has 0 aliphatic heterocycles. The standard InChI is InChI=1S/C13H14OS/c1-10-7-8-15-13(10)9-11-3-5-12(14-2)6-4-11/h3-8H,9H2,1-2H3. The van der Waals surface area contributed by atoms with Crippen molar-refractivity contribution in [2.75, 3.05) is 7.11 Å². The van der Waals surface area contributed by atoms with Crippen molar-refractivity contribution < 1.29 is 4.74 Å². The highest BCUT2D eigenvalue weighted by molar-refractivity contribution is 7.10. The summed E-state index contributed by atoms with van der Waals surface area (Å²) in [6.07, 6.45) is 1.02. The maximum atomic E-state index is 5.13. The third kappa shape index (κ3) is 2.39. The molecule has 0 aliphatic rings. The van der Waals surface area contributed by atoms with Crippen LogP contribution in [-0.2, 0) is 6.42 Å². The predicted octanol–water partition coefficient (Wildman–Crippen LogP) is 3.66. The van der Waals surface area contributed by atoms with E-state index in [4.69, 9.17) is 4.74 Å². The van der Waals surface area contributed by atoms with Gasteiger partial charge in [-0.1, -0.05) is 12.1 Å². The first kappa shape index (κ1) is 10.2. The second-order valence-corrected chi connectivity index (χ2v) is 4.55. The minimum Gasteiger partial charge on any atom is -0.497 e. The summed E-state index contributed by atoms with van der Waals surface area (Å²) in [6, 6.07) is 10.4. The first-order valence-corrected chi connectivity index (χ1v) is 5.83. The number of rotatable bonds is 3. The molecule has 15 heavy (non-hydrogen) atoms. The summed E-state index contributed by atoms with van der Waals surface area (Å²) in [7, 11) is 1.69. The van der Waals surface area contributed by atoms with Crippen LogP contribution in [-0.4, -0.2) is 7.11 Å². The Kier molecular flexibility index (Phi) is 3.07. The second kappa shape index (κ2) is 4.49. The van der Waals surface area contributed by atoms with Gasteiger partial charge in [0.1, 0.15) is 5.75 Å². The zero-order valence-electron chi connectivity index (χ0n) is 8.99. The van der Waals surface area contributed by atoms with Crippen LogP contribution in [0.4, 0.5) is 0 Å². The van der Waals surface area contributed by atoms with Gasteiger partial charge >= 0.3 is 0 Å². The number of methoxy groups -OCH3 is 1. The molecule has 1 heterocycles. The van der Waals surface area contributed by atoms with Crippen molar-refractivity contribution in [2.24, 2.45) is 0 Å². The highest BCUT2D eigenvalue weighted by Crippen LogP contribution is 2.21. The number of hydrogen-bond acceptors (Lipinski definition) is 2. The van der Waals surface area contributed by atoms with Gasteiger partial charge < -0.3 is 4.74 Å². The zero-order chi connectivity index (χ0) is 10.7. The first-order valence-electron chi connectivity index (χ1n) is 4.95. The number of thiophene rings is 1. The molecule has 1 nitrogen and oxygen atoms in total. The lowest BCUT2D eigenvalue weighted by molar-refractivity contribution is 0.414. The van der Waals surface area contributed by atoms with Crippen LogP contribution >= 0.6 is 11.3 Å². The topological polar surface area (TPSA) is 9.23 Å². The van der Waals surface area contributed by atoms with E-state index in [2.05, 4.69) is 30.5 Å². The van der Waals surface area contributed by atoms with Crippen molar-refractivity contribution in [3.8, 4) is 5.75 Å². The Morgan fingerprint density at radius 3 is 2.40 bits per heavy atom. The lowest BCUT2D eigenvalue weighted by atomic mass is 10.1. The Morgan fingerprint density at radius 2 is 1.87 bits per heavy atom. The average Bonchev–Trinajstić information content (AvgIpc) is 2.66. The van der Waals surface area contributed by atoms with Crippen molar-refractivity contribution >= 4 is 11.3 Å². The van der Waals surface area contributed by atoms with E-state index in [1.54, 1.807) is 7.11 Å². The summed E-state index contributed by atoms with van der Waals surface area (Å²) in [5, 5.41) is 2.15. The number of benzene rings is 1. The molecule has 0 radical (unpaired) electrons. The number of hydrogen-bond donors (Lipinski definition) is 0. The minimum atomic E-state index is 0.918. The second-order valence-electron chi connectivity index (χ2n) is 3.55. The van der Waals surface area contributed by atoms with Gasteiger partial charge in [-0.3, -0.25) is 0 Å². The van der Waals surface area contributed by atoms with Crippen LogP contribution in [0.15, 0.2) is 35.7 Å². The summed E-state index contributed by atoms with van der Waals surface area (Å²) in [4.78, 5) is 1.44. The van der Waals surface area contributed by atoms with Crippen molar-refractivity contribution in [2.45, 2.75) is 13.3 Å². The Balaban J connectivity index is 2.14. The number of aryl methyl sites for hydroxylation is 1. The molecule has 0 bridgehead atoms. The SMILES string of the molecule is COc1ccc(Cc2sccc2C)cc1. The molecule has 0 spiro atoms. The van der Waals surface area contributed by atoms with E-state index in [-0.39, 0.29) is 0 Å². The van der Waals surface area contributed by atoms with E-state index in [0.717, 1.165) is 12.2 Å². The van der Waals surface area contributed by atoms with E-state index >= 15 is 0 Å². The Bertz CT molecular complexity index is 428. The summed E-state index contributed by atoms with van der Waals surface area (Å²) >= 11 is 1.82. The van der Waals surface area contributed by atoms with Gasteiger partial charge in [-0.05, 0) is 41.6 Å². The molecule has 1 aromatic carbocycles. The molecule has 2 heteroatoms. The summed E-state index contributed by atoms with van der Waals surface area (Å²) in [6.45, 7) is 2.16. The normalized spacial score (nSPS) is 10.3. The molecule has 78 valence electrons. The third-order valence-electron chi connectivity index (χ3n) is 2.49. The molecule has 0 amide bonds. The van der Waals surface area contributed by atoms with Crippen molar-refractivity contribution in [1.29, 1.82) is 0 Å². The van der Waals surface area contributed by atoms with Gasteiger partial charge in [-0.15, -0.1) is 11.3 Å². The maximum Gasteiger partial charge on any atom is 0.118 e. The molecule has 2 rings (SSSR count). The molecule has 0 saturated carbocycles.